The number of hydrogen-bond donors (Lipinski definition) is 1. The molecule has 0 aliphatic heterocycles. The maximum Gasteiger partial charge on any atom is 0.333 e. The van der Waals surface area contributed by atoms with E-state index in [-0.39, 0.29) is 11.7 Å². The van der Waals surface area contributed by atoms with Crippen molar-refractivity contribution in [3.63, 3.8) is 0 Å². The second kappa shape index (κ2) is 8.44. The molecular formula is C17H19N3O3S. The van der Waals surface area contributed by atoms with Gasteiger partial charge in [0.1, 0.15) is 0 Å². The highest BCUT2D eigenvalue weighted by Gasteiger charge is 2.23. The standard InChI is InChI=1S/C17H19N3O3S/c1-11-9-12(2)19-17(18-11)24-10-14(21)20-15(16(22)23-3)13-7-5-4-6-8-13/h4-9,15H,10H2,1-3H3,(H,20,21). The minimum atomic E-state index is -0.829. The quantitative estimate of drug-likeness (QED) is 0.491. The van der Waals surface area contributed by atoms with E-state index >= 15 is 0 Å². The summed E-state index contributed by atoms with van der Waals surface area (Å²) in [6.07, 6.45) is 0. The number of thioether (sulfide) groups is 1. The number of aromatic nitrogens is 2. The number of carbonyl (C=O) groups is 2. The first-order valence-corrected chi connectivity index (χ1v) is 8.35. The summed E-state index contributed by atoms with van der Waals surface area (Å²) in [7, 11) is 1.29. The van der Waals surface area contributed by atoms with Gasteiger partial charge in [-0.25, -0.2) is 14.8 Å². The highest BCUT2D eigenvalue weighted by Crippen LogP contribution is 2.17. The third-order valence-electron chi connectivity index (χ3n) is 3.17. The lowest BCUT2D eigenvalue weighted by Gasteiger charge is -2.16. The van der Waals surface area contributed by atoms with Crippen molar-refractivity contribution >= 4 is 23.6 Å². The minimum Gasteiger partial charge on any atom is -0.467 e. The molecule has 0 saturated carbocycles. The molecule has 7 heteroatoms. The lowest BCUT2D eigenvalue weighted by atomic mass is 10.1. The molecule has 126 valence electrons. The monoisotopic (exact) mass is 345 g/mol. The third-order valence-corrected chi connectivity index (χ3v) is 4.02. The number of ether oxygens (including phenoxy) is 1. The Morgan fingerprint density at radius 2 is 1.79 bits per heavy atom. The Bertz CT molecular complexity index is 702. The fourth-order valence-corrected chi connectivity index (χ4v) is 2.89. The van der Waals surface area contributed by atoms with Crippen molar-refractivity contribution in [1.29, 1.82) is 0 Å². The van der Waals surface area contributed by atoms with Gasteiger partial charge in [0.2, 0.25) is 5.91 Å². The molecule has 24 heavy (non-hydrogen) atoms. The summed E-state index contributed by atoms with van der Waals surface area (Å²) in [4.78, 5) is 32.7. The molecule has 1 unspecified atom stereocenters. The molecule has 2 rings (SSSR count). The maximum atomic E-state index is 12.2. The molecule has 0 bridgehead atoms. The van der Waals surface area contributed by atoms with Gasteiger partial charge in [0.25, 0.3) is 0 Å². The van der Waals surface area contributed by atoms with Crippen LogP contribution in [0.5, 0.6) is 0 Å². The van der Waals surface area contributed by atoms with Gasteiger partial charge in [-0.15, -0.1) is 0 Å². The van der Waals surface area contributed by atoms with Gasteiger partial charge in [0.15, 0.2) is 11.2 Å². The first-order chi connectivity index (χ1) is 11.5. The average molecular weight is 345 g/mol. The fraction of sp³-hybridized carbons (Fsp3) is 0.294. The van der Waals surface area contributed by atoms with Gasteiger partial charge in [-0.2, -0.15) is 0 Å². The van der Waals surface area contributed by atoms with Gasteiger partial charge < -0.3 is 10.1 Å². The van der Waals surface area contributed by atoms with Crippen LogP contribution in [0.25, 0.3) is 0 Å². The topological polar surface area (TPSA) is 81.2 Å². The molecule has 1 amide bonds. The summed E-state index contributed by atoms with van der Waals surface area (Å²) in [5, 5.41) is 3.23. The molecule has 0 saturated heterocycles. The predicted octanol–water partition coefficient (Wildman–Crippen LogP) is 2.22. The Labute approximate surface area is 145 Å². The van der Waals surface area contributed by atoms with E-state index in [1.165, 1.54) is 18.9 Å². The van der Waals surface area contributed by atoms with E-state index in [1.807, 2.05) is 26.0 Å². The summed E-state index contributed by atoms with van der Waals surface area (Å²) in [5.41, 5.74) is 2.37. The van der Waals surface area contributed by atoms with Gasteiger partial charge in [-0.05, 0) is 25.5 Å². The third kappa shape index (κ3) is 5.06. The van der Waals surface area contributed by atoms with Crippen molar-refractivity contribution < 1.29 is 14.3 Å². The number of aryl methyl sites for hydroxylation is 2. The van der Waals surface area contributed by atoms with E-state index in [0.29, 0.717) is 10.7 Å². The van der Waals surface area contributed by atoms with Crippen LogP contribution in [-0.2, 0) is 14.3 Å². The summed E-state index contributed by atoms with van der Waals surface area (Å²) >= 11 is 1.23. The van der Waals surface area contributed by atoms with Crippen LogP contribution in [0.2, 0.25) is 0 Å². The van der Waals surface area contributed by atoms with E-state index < -0.39 is 12.0 Å². The van der Waals surface area contributed by atoms with E-state index in [0.717, 1.165) is 11.4 Å². The second-order valence-corrected chi connectivity index (χ2v) is 6.10. The number of esters is 1. The Kier molecular flexibility index (Phi) is 6.31. The summed E-state index contributed by atoms with van der Waals surface area (Å²) in [5.74, 6) is -0.687. The number of nitrogens with zero attached hydrogens (tertiary/aromatic N) is 2. The molecule has 0 spiro atoms. The lowest BCUT2D eigenvalue weighted by molar-refractivity contribution is -0.145. The zero-order valence-electron chi connectivity index (χ0n) is 13.8. The van der Waals surface area contributed by atoms with Crippen molar-refractivity contribution in [3.8, 4) is 0 Å². The zero-order chi connectivity index (χ0) is 17.5. The number of nitrogens with one attached hydrogen (secondary N) is 1. The van der Waals surface area contributed by atoms with E-state index in [4.69, 9.17) is 4.74 Å². The number of methoxy groups -OCH3 is 1. The molecule has 1 atom stereocenters. The summed E-state index contributed by atoms with van der Waals surface area (Å²) in [6, 6.07) is 10.0. The SMILES string of the molecule is COC(=O)C(NC(=O)CSc1nc(C)cc(C)n1)c1ccccc1. The molecule has 2 aromatic rings. The van der Waals surface area contributed by atoms with Crippen molar-refractivity contribution in [1.82, 2.24) is 15.3 Å². The van der Waals surface area contributed by atoms with Gasteiger partial charge in [0, 0.05) is 11.4 Å². The molecule has 1 aromatic heterocycles. The Morgan fingerprint density at radius 3 is 2.38 bits per heavy atom. The average Bonchev–Trinajstić information content (AvgIpc) is 2.57. The minimum absolute atomic E-state index is 0.114. The highest BCUT2D eigenvalue weighted by atomic mass is 32.2. The van der Waals surface area contributed by atoms with Crippen molar-refractivity contribution in [3.05, 3.63) is 53.3 Å². The Balaban J connectivity index is 2.01. The van der Waals surface area contributed by atoms with Crippen LogP contribution in [0, 0.1) is 13.8 Å². The van der Waals surface area contributed by atoms with E-state index in [1.54, 1.807) is 24.3 Å². The number of carbonyl (C=O) groups excluding carboxylic acids is 2. The van der Waals surface area contributed by atoms with Crippen LogP contribution in [-0.4, -0.2) is 34.7 Å². The Hall–Kier alpha value is -2.41. The van der Waals surface area contributed by atoms with Crippen LogP contribution in [0.3, 0.4) is 0 Å². The largest absolute Gasteiger partial charge is 0.467 e. The van der Waals surface area contributed by atoms with Crippen LogP contribution >= 0.6 is 11.8 Å². The Morgan fingerprint density at radius 1 is 1.17 bits per heavy atom. The number of hydrogen-bond acceptors (Lipinski definition) is 6. The van der Waals surface area contributed by atoms with Gasteiger partial charge in [-0.3, -0.25) is 4.79 Å². The van der Waals surface area contributed by atoms with Crippen molar-refractivity contribution in [2.75, 3.05) is 12.9 Å². The first-order valence-electron chi connectivity index (χ1n) is 7.37. The van der Waals surface area contributed by atoms with Gasteiger partial charge in [-0.1, -0.05) is 42.1 Å². The van der Waals surface area contributed by atoms with Crippen molar-refractivity contribution in [2.24, 2.45) is 0 Å². The first kappa shape index (κ1) is 17.9. The zero-order valence-corrected chi connectivity index (χ0v) is 14.6. The lowest BCUT2D eigenvalue weighted by Crippen LogP contribution is -2.35. The predicted molar refractivity (Wildman–Crippen MR) is 91.6 cm³/mol. The maximum absolute atomic E-state index is 12.2. The molecule has 0 aliphatic carbocycles. The fourth-order valence-electron chi connectivity index (χ4n) is 2.13. The molecule has 1 heterocycles. The molecular weight excluding hydrogens is 326 g/mol. The summed E-state index contributed by atoms with van der Waals surface area (Å²) in [6.45, 7) is 3.75. The molecule has 0 radical (unpaired) electrons. The van der Waals surface area contributed by atoms with Crippen LogP contribution in [0.4, 0.5) is 0 Å². The normalized spacial score (nSPS) is 11.6. The smallest absolute Gasteiger partial charge is 0.333 e. The van der Waals surface area contributed by atoms with Crippen molar-refractivity contribution in [2.45, 2.75) is 25.0 Å². The summed E-state index contributed by atoms with van der Waals surface area (Å²) < 4.78 is 4.78. The van der Waals surface area contributed by atoms with Crippen LogP contribution in [0.15, 0.2) is 41.6 Å². The number of rotatable bonds is 6. The van der Waals surface area contributed by atoms with Crippen LogP contribution < -0.4 is 5.32 Å². The molecule has 6 nitrogen and oxygen atoms in total. The highest BCUT2D eigenvalue weighted by molar-refractivity contribution is 7.99. The van der Waals surface area contributed by atoms with Gasteiger partial charge >= 0.3 is 5.97 Å². The molecule has 0 aliphatic rings. The molecule has 1 N–H and O–H groups in total. The second-order valence-electron chi connectivity index (χ2n) is 5.16. The number of amides is 1. The van der Waals surface area contributed by atoms with Gasteiger partial charge in [0.05, 0.1) is 12.9 Å². The van der Waals surface area contributed by atoms with E-state index in [2.05, 4.69) is 15.3 Å². The van der Waals surface area contributed by atoms with E-state index in [9.17, 15) is 9.59 Å². The molecule has 0 fully saturated rings. The number of benzene rings is 1. The molecule has 1 aromatic carbocycles. The van der Waals surface area contributed by atoms with Crippen LogP contribution in [0.1, 0.15) is 23.0 Å².